The summed E-state index contributed by atoms with van der Waals surface area (Å²) >= 11 is 7.70. The summed E-state index contributed by atoms with van der Waals surface area (Å²) in [6.45, 7) is 3.34. The number of halogens is 1. The fraction of sp³-hybridized carbons (Fsp3) is 0.192. The summed E-state index contributed by atoms with van der Waals surface area (Å²) in [7, 11) is 0. The molecule has 3 aromatic carbocycles. The van der Waals surface area contributed by atoms with Gasteiger partial charge < -0.3 is 9.84 Å². The van der Waals surface area contributed by atoms with Gasteiger partial charge in [-0.2, -0.15) is 5.10 Å². The van der Waals surface area contributed by atoms with Crippen LogP contribution in [0.5, 0.6) is 0 Å². The van der Waals surface area contributed by atoms with E-state index in [1.54, 1.807) is 11.3 Å². The van der Waals surface area contributed by atoms with Gasteiger partial charge in [-0.05, 0) is 60.0 Å². The number of fused-ring (bicyclic) bond motifs is 2. The van der Waals surface area contributed by atoms with E-state index < -0.39 is 5.97 Å². The van der Waals surface area contributed by atoms with Gasteiger partial charge >= 0.3 is 5.97 Å². The van der Waals surface area contributed by atoms with Gasteiger partial charge in [0.2, 0.25) is 0 Å². The molecule has 0 radical (unpaired) electrons. The number of benzene rings is 3. The number of ether oxygens (including phenoxy) is 1. The lowest BCUT2D eigenvalue weighted by Gasteiger charge is -2.26. The van der Waals surface area contributed by atoms with Gasteiger partial charge in [0, 0.05) is 21.5 Å². The molecule has 0 amide bonds. The summed E-state index contributed by atoms with van der Waals surface area (Å²) in [5.74, 6) is -0.860. The molecule has 2 aromatic heterocycles. The van der Waals surface area contributed by atoms with Crippen molar-refractivity contribution in [2.45, 2.75) is 19.4 Å². The third kappa shape index (κ3) is 3.57. The van der Waals surface area contributed by atoms with E-state index in [1.807, 2.05) is 48.1 Å². The Bertz CT molecular complexity index is 1570. The standard InChI is InChI=1S/C26H20ClN3O3S/c1-14-8-21-25(24(20(14)10-23(31)32)15-2-5-18(27)6-3-15)34-26(29-21)16-4-7-22-17(9-16)11-28-30(22)19-12-33-13-19/h2-9,11,19H,10,12-13H2,1H3,(H,31,32). The van der Waals surface area contributed by atoms with E-state index in [-0.39, 0.29) is 6.42 Å². The van der Waals surface area contributed by atoms with Crippen LogP contribution in [0.2, 0.25) is 5.02 Å². The van der Waals surface area contributed by atoms with Crippen molar-refractivity contribution < 1.29 is 14.6 Å². The van der Waals surface area contributed by atoms with Gasteiger partial charge in [-0.25, -0.2) is 4.98 Å². The number of rotatable bonds is 5. The zero-order chi connectivity index (χ0) is 23.4. The Morgan fingerprint density at radius 2 is 1.94 bits per heavy atom. The van der Waals surface area contributed by atoms with E-state index in [1.165, 1.54) is 0 Å². The average molecular weight is 490 g/mol. The molecule has 0 bridgehead atoms. The van der Waals surface area contributed by atoms with Gasteiger partial charge in [0.05, 0.1) is 47.6 Å². The minimum Gasteiger partial charge on any atom is -0.481 e. The zero-order valence-electron chi connectivity index (χ0n) is 18.3. The number of carboxylic acids is 1. The first-order valence-electron chi connectivity index (χ1n) is 10.9. The summed E-state index contributed by atoms with van der Waals surface area (Å²) in [6, 6.07) is 16.1. The fourth-order valence-corrected chi connectivity index (χ4v) is 5.76. The highest BCUT2D eigenvalue weighted by Gasteiger charge is 2.23. The summed E-state index contributed by atoms with van der Waals surface area (Å²) in [6.07, 6.45) is 1.84. The first-order valence-corrected chi connectivity index (χ1v) is 12.1. The van der Waals surface area contributed by atoms with Gasteiger partial charge in [-0.15, -0.1) is 11.3 Å². The summed E-state index contributed by atoms with van der Waals surface area (Å²) in [5, 5.41) is 16.7. The number of nitrogens with zero attached hydrogens (tertiary/aromatic N) is 3. The first kappa shape index (κ1) is 21.3. The van der Waals surface area contributed by atoms with Crippen molar-refractivity contribution in [2.75, 3.05) is 13.2 Å². The lowest BCUT2D eigenvalue weighted by atomic mass is 9.93. The molecule has 0 atom stereocenters. The number of aryl methyl sites for hydroxylation is 1. The van der Waals surface area contributed by atoms with Crippen molar-refractivity contribution in [1.82, 2.24) is 14.8 Å². The molecule has 34 heavy (non-hydrogen) atoms. The van der Waals surface area contributed by atoms with E-state index in [0.717, 1.165) is 53.9 Å². The number of aromatic nitrogens is 3. The van der Waals surface area contributed by atoms with Crippen molar-refractivity contribution in [3.05, 3.63) is 70.9 Å². The Morgan fingerprint density at radius 3 is 2.65 bits per heavy atom. The third-order valence-electron chi connectivity index (χ3n) is 6.28. The van der Waals surface area contributed by atoms with E-state index in [2.05, 4.69) is 23.3 Å². The first-order chi connectivity index (χ1) is 16.5. The molecule has 3 heterocycles. The highest BCUT2D eigenvalue weighted by molar-refractivity contribution is 7.22. The predicted octanol–water partition coefficient (Wildman–Crippen LogP) is 6.14. The van der Waals surface area contributed by atoms with Crippen molar-refractivity contribution in [2.24, 2.45) is 0 Å². The molecule has 1 aliphatic heterocycles. The molecule has 5 aromatic rings. The van der Waals surface area contributed by atoms with Crippen LogP contribution in [0.25, 0.3) is 42.8 Å². The molecule has 8 heteroatoms. The molecule has 1 aliphatic rings. The van der Waals surface area contributed by atoms with Crippen LogP contribution in [0.15, 0.2) is 54.7 Å². The van der Waals surface area contributed by atoms with Crippen LogP contribution in [0.3, 0.4) is 0 Å². The van der Waals surface area contributed by atoms with Gasteiger partial charge in [-0.1, -0.05) is 23.7 Å². The zero-order valence-corrected chi connectivity index (χ0v) is 19.9. The van der Waals surface area contributed by atoms with Crippen LogP contribution in [-0.4, -0.2) is 39.1 Å². The maximum atomic E-state index is 11.7. The van der Waals surface area contributed by atoms with Crippen LogP contribution < -0.4 is 0 Å². The third-order valence-corrected chi connectivity index (χ3v) is 7.67. The normalized spacial score (nSPS) is 14.1. The number of carboxylic acid groups (broad SMARTS) is 1. The van der Waals surface area contributed by atoms with Crippen molar-refractivity contribution >= 4 is 50.0 Å². The quantitative estimate of drug-likeness (QED) is 0.321. The van der Waals surface area contributed by atoms with E-state index in [4.69, 9.17) is 21.3 Å². The van der Waals surface area contributed by atoms with Gasteiger partial charge in [-0.3, -0.25) is 9.48 Å². The highest BCUT2D eigenvalue weighted by atomic mass is 35.5. The molecule has 1 saturated heterocycles. The maximum absolute atomic E-state index is 11.7. The maximum Gasteiger partial charge on any atom is 0.307 e. The van der Waals surface area contributed by atoms with Crippen LogP contribution >= 0.6 is 22.9 Å². The molecule has 1 N–H and O–H groups in total. The van der Waals surface area contributed by atoms with Crippen LogP contribution in [-0.2, 0) is 16.0 Å². The molecule has 0 aliphatic carbocycles. The fourth-order valence-electron chi connectivity index (χ4n) is 4.50. The average Bonchev–Trinajstić information content (AvgIpc) is 3.38. The second-order valence-electron chi connectivity index (χ2n) is 8.55. The lowest BCUT2D eigenvalue weighted by Crippen LogP contribution is -2.31. The number of hydrogen-bond donors (Lipinski definition) is 1. The Kier molecular flexibility index (Phi) is 5.13. The van der Waals surface area contributed by atoms with E-state index in [9.17, 15) is 9.90 Å². The Morgan fingerprint density at radius 1 is 1.18 bits per heavy atom. The largest absolute Gasteiger partial charge is 0.481 e. The summed E-state index contributed by atoms with van der Waals surface area (Å²) in [4.78, 5) is 16.6. The molecule has 6 nitrogen and oxygen atoms in total. The number of carbonyl (C=O) groups is 1. The number of thiazole rings is 1. The van der Waals surface area contributed by atoms with E-state index in [0.29, 0.717) is 24.3 Å². The van der Waals surface area contributed by atoms with E-state index >= 15 is 0 Å². The number of aliphatic carboxylic acids is 1. The van der Waals surface area contributed by atoms with Crippen LogP contribution in [0, 0.1) is 6.92 Å². The molecule has 170 valence electrons. The predicted molar refractivity (Wildman–Crippen MR) is 135 cm³/mol. The smallest absolute Gasteiger partial charge is 0.307 e. The summed E-state index contributed by atoms with van der Waals surface area (Å²) < 4.78 is 8.32. The van der Waals surface area contributed by atoms with Gasteiger partial charge in [0.25, 0.3) is 0 Å². The minimum absolute atomic E-state index is 0.0526. The lowest BCUT2D eigenvalue weighted by molar-refractivity contribution is -0.136. The second-order valence-corrected chi connectivity index (χ2v) is 9.98. The molecule has 0 spiro atoms. The molecule has 6 rings (SSSR count). The van der Waals surface area contributed by atoms with Crippen molar-refractivity contribution in [1.29, 1.82) is 0 Å². The Hall–Kier alpha value is -3.26. The molecular formula is C26H20ClN3O3S. The molecular weight excluding hydrogens is 470 g/mol. The Balaban J connectivity index is 1.51. The van der Waals surface area contributed by atoms with Crippen molar-refractivity contribution in [3.8, 4) is 21.7 Å². The Labute approximate surface area is 204 Å². The molecule has 0 saturated carbocycles. The number of hydrogen-bond acceptors (Lipinski definition) is 5. The second kappa shape index (κ2) is 8.20. The molecule has 1 fully saturated rings. The monoisotopic (exact) mass is 489 g/mol. The van der Waals surface area contributed by atoms with Gasteiger partial charge in [0.1, 0.15) is 5.01 Å². The highest BCUT2D eigenvalue weighted by Crippen LogP contribution is 2.41. The van der Waals surface area contributed by atoms with Crippen LogP contribution in [0.4, 0.5) is 0 Å². The van der Waals surface area contributed by atoms with Crippen LogP contribution in [0.1, 0.15) is 17.2 Å². The van der Waals surface area contributed by atoms with Gasteiger partial charge in [0.15, 0.2) is 0 Å². The SMILES string of the molecule is Cc1cc2nc(-c3ccc4c(cnn4C4COC4)c3)sc2c(-c2ccc(Cl)cc2)c1CC(=O)O. The molecule has 0 unspecified atom stereocenters. The summed E-state index contributed by atoms with van der Waals surface area (Å²) in [5.41, 5.74) is 6.52. The topological polar surface area (TPSA) is 77.2 Å². The van der Waals surface area contributed by atoms with Crippen molar-refractivity contribution in [3.63, 3.8) is 0 Å². The minimum atomic E-state index is -0.860.